The van der Waals surface area contributed by atoms with Crippen molar-refractivity contribution < 1.29 is 9.18 Å². The van der Waals surface area contributed by atoms with Gasteiger partial charge in [-0.25, -0.2) is 9.37 Å². The second-order valence-corrected chi connectivity index (χ2v) is 6.48. The fourth-order valence-corrected chi connectivity index (χ4v) is 3.09. The minimum absolute atomic E-state index is 0.265. The van der Waals surface area contributed by atoms with Crippen LogP contribution < -0.4 is 5.32 Å². The quantitative estimate of drug-likeness (QED) is 0.480. The van der Waals surface area contributed by atoms with E-state index in [-0.39, 0.29) is 11.7 Å². The molecule has 4 rings (SSSR count). The molecule has 0 spiro atoms. The van der Waals surface area contributed by atoms with Crippen LogP contribution in [0.15, 0.2) is 78.9 Å². The Morgan fingerprint density at radius 2 is 1.70 bits per heavy atom. The van der Waals surface area contributed by atoms with Crippen LogP contribution in [0.3, 0.4) is 0 Å². The van der Waals surface area contributed by atoms with Crippen LogP contribution in [-0.2, 0) is 0 Å². The van der Waals surface area contributed by atoms with Crippen molar-refractivity contribution in [2.45, 2.75) is 0 Å². The van der Waals surface area contributed by atoms with Crippen LogP contribution in [0.4, 0.5) is 10.1 Å². The normalized spacial score (nSPS) is 10.7. The van der Waals surface area contributed by atoms with Crippen LogP contribution in [0.1, 0.15) is 10.4 Å². The first-order chi connectivity index (χ1) is 13.1. The maximum atomic E-state index is 13.2. The molecule has 1 heterocycles. The Labute approximate surface area is 160 Å². The number of benzene rings is 3. The Bertz CT molecular complexity index is 1140. The van der Waals surface area contributed by atoms with Crippen LogP contribution >= 0.6 is 11.6 Å². The van der Waals surface area contributed by atoms with Crippen LogP contribution in [0.5, 0.6) is 0 Å². The first kappa shape index (κ1) is 17.2. The van der Waals surface area contributed by atoms with Crippen molar-refractivity contribution in [3.8, 4) is 11.3 Å². The number of carbonyl (C=O) groups is 1. The summed E-state index contributed by atoms with van der Waals surface area (Å²) in [7, 11) is 0. The van der Waals surface area contributed by atoms with Crippen LogP contribution in [0, 0.1) is 5.82 Å². The molecule has 0 aliphatic carbocycles. The predicted molar refractivity (Wildman–Crippen MR) is 107 cm³/mol. The monoisotopic (exact) mass is 376 g/mol. The van der Waals surface area contributed by atoms with Gasteiger partial charge < -0.3 is 5.32 Å². The van der Waals surface area contributed by atoms with Gasteiger partial charge in [0.05, 0.1) is 16.8 Å². The number of fused-ring (bicyclic) bond motifs is 1. The first-order valence-corrected chi connectivity index (χ1v) is 8.70. The van der Waals surface area contributed by atoms with E-state index in [0.717, 1.165) is 10.9 Å². The minimum Gasteiger partial charge on any atom is -0.322 e. The van der Waals surface area contributed by atoms with E-state index in [1.165, 1.54) is 12.1 Å². The van der Waals surface area contributed by atoms with Crippen molar-refractivity contribution in [3.63, 3.8) is 0 Å². The molecule has 4 aromatic rings. The summed E-state index contributed by atoms with van der Waals surface area (Å²) in [5.41, 5.74) is 3.12. The Kier molecular flexibility index (Phi) is 4.57. The molecule has 27 heavy (non-hydrogen) atoms. The predicted octanol–water partition coefficient (Wildman–Crippen LogP) is 5.95. The van der Waals surface area contributed by atoms with Gasteiger partial charge in [-0.05, 0) is 54.6 Å². The molecule has 1 N–H and O–H groups in total. The van der Waals surface area contributed by atoms with E-state index in [4.69, 9.17) is 11.6 Å². The van der Waals surface area contributed by atoms with Crippen molar-refractivity contribution in [2.75, 3.05) is 5.32 Å². The van der Waals surface area contributed by atoms with E-state index >= 15 is 0 Å². The number of anilines is 1. The highest BCUT2D eigenvalue weighted by Gasteiger charge is 2.14. The zero-order valence-corrected chi connectivity index (χ0v) is 14.9. The summed E-state index contributed by atoms with van der Waals surface area (Å²) in [5, 5.41) is 4.15. The van der Waals surface area contributed by atoms with E-state index in [1.807, 2.05) is 24.3 Å². The molecule has 0 bridgehead atoms. The number of nitrogens with zero attached hydrogens (tertiary/aromatic N) is 1. The van der Waals surface area contributed by atoms with Crippen molar-refractivity contribution in [1.82, 2.24) is 4.98 Å². The van der Waals surface area contributed by atoms with Crippen LogP contribution in [0.25, 0.3) is 22.2 Å². The molecule has 1 aromatic heterocycles. The third-order valence-corrected chi connectivity index (χ3v) is 4.42. The molecule has 0 atom stereocenters. The molecule has 0 saturated heterocycles. The molecule has 0 fully saturated rings. The van der Waals surface area contributed by atoms with Crippen molar-refractivity contribution in [1.29, 1.82) is 0 Å². The summed E-state index contributed by atoms with van der Waals surface area (Å²) in [6, 6.07) is 22.1. The SMILES string of the molecule is O=C(Nc1cccc(Cl)c1)c1cc(-c2ccc(F)cc2)nc2ccccc12. The Hall–Kier alpha value is -3.24. The largest absolute Gasteiger partial charge is 0.322 e. The summed E-state index contributed by atoms with van der Waals surface area (Å²) < 4.78 is 13.2. The molecule has 0 aliphatic rings. The highest BCUT2D eigenvalue weighted by atomic mass is 35.5. The van der Waals surface area contributed by atoms with Crippen molar-refractivity contribution in [3.05, 3.63) is 95.3 Å². The van der Waals surface area contributed by atoms with E-state index in [0.29, 0.717) is 27.5 Å². The van der Waals surface area contributed by atoms with Gasteiger partial charge in [0.15, 0.2) is 0 Å². The zero-order valence-electron chi connectivity index (χ0n) is 14.1. The number of pyridine rings is 1. The third kappa shape index (κ3) is 3.66. The number of carbonyl (C=O) groups excluding carboxylic acids is 1. The smallest absolute Gasteiger partial charge is 0.256 e. The van der Waals surface area contributed by atoms with Gasteiger partial charge in [-0.2, -0.15) is 0 Å². The lowest BCUT2D eigenvalue weighted by molar-refractivity contribution is 0.102. The standard InChI is InChI=1S/C22H14ClFN2O/c23-15-4-3-5-17(12-15)25-22(27)19-13-21(14-8-10-16(24)11-9-14)26-20-7-2-1-6-18(19)20/h1-13H,(H,25,27). The number of halogens is 2. The highest BCUT2D eigenvalue weighted by molar-refractivity contribution is 6.31. The summed E-state index contributed by atoms with van der Waals surface area (Å²) in [4.78, 5) is 17.6. The molecule has 0 saturated carbocycles. The Morgan fingerprint density at radius 1 is 0.926 bits per heavy atom. The van der Waals surface area contributed by atoms with Crippen molar-refractivity contribution in [2.24, 2.45) is 0 Å². The summed E-state index contributed by atoms with van der Waals surface area (Å²) in [6.45, 7) is 0. The molecule has 132 valence electrons. The molecule has 0 unspecified atom stereocenters. The van der Waals surface area contributed by atoms with E-state index in [1.54, 1.807) is 42.5 Å². The van der Waals surface area contributed by atoms with E-state index in [9.17, 15) is 9.18 Å². The number of rotatable bonds is 3. The maximum Gasteiger partial charge on any atom is 0.256 e. The number of aromatic nitrogens is 1. The topological polar surface area (TPSA) is 42.0 Å². The minimum atomic E-state index is -0.321. The second-order valence-electron chi connectivity index (χ2n) is 6.04. The maximum absolute atomic E-state index is 13.2. The van der Waals surface area contributed by atoms with Gasteiger partial charge in [0.1, 0.15) is 5.82 Å². The number of nitrogens with one attached hydrogen (secondary N) is 1. The molecule has 3 aromatic carbocycles. The number of hydrogen-bond acceptors (Lipinski definition) is 2. The molecule has 5 heteroatoms. The molecule has 0 aliphatic heterocycles. The van der Waals surface area contributed by atoms with Gasteiger partial charge in [-0.3, -0.25) is 4.79 Å². The average Bonchev–Trinajstić information content (AvgIpc) is 2.67. The lowest BCUT2D eigenvalue weighted by atomic mass is 10.0. The van der Waals surface area contributed by atoms with E-state index < -0.39 is 0 Å². The van der Waals surface area contributed by atoms with Gasteiger partial charge in [-0.1, -0.05) is 35.9 Å². The van der Waals surface area contributed by atoms with Gasteiger partial charge >= 0.3 is 0 Å². The lowest BCUT2D eigenvalue weighted by Gasteiger charge is -2.11. The number of amides is 1. The fourth-order valence-electron chi connectivity index (χ4n) is 2.90. The molecule has 0 radical (unpaired) electrons. The summed E-state index contributed by atoms with van der Waals surface area (Å²) in [5.74, 6) is -0.585. The van der Waals surface area contributed by atoms with Gasteiger partial charge in [0.25, 0.3) is 5.91 Å². The third-order valence-electron chi connectivity index (χ3n) is 4.18. The van der Waals surface area contributed by atoms with Crippen molar-refractivity contribution >= 4 is 34.1 Å². The lowest BCUT2D eigenvalue weighted by Crippen LogP contribution is -2.13. The summed E-state index contributed by atoms with van der Waals surface area (Å²) in [6.07, 6.45) is 0. The van der Waals surface area contributed by atoms with E-state index in [2.05, 4.69) is 10.3 Å². The zero-order chi connectivity index (χ0) is 18.8. The average molecular weight is 377 g/mol. The van der Waals surface area contributed by atoms with Gasteiger partial charge in [0.2, 0.25) is 0 Å². The molecule has 1 amide bonds. The van der Waals surface area contributed by atoms with Gasteiger partial charge in [-0.15, -0.1) is 0 Å². The first-order valence-electron chi connectivity index (χ1n) is 8.33. The molecular weight excluding hydrogens is 363 g/mol. The highest BCUT2D eigenvalue weighted by Crippen LogP contribution is 2.26. The Morgan fingerprint density at radius 3 is 2.48 bits per heavy atom. The van der Waals surface area contributed by atoms with Crippen LogP contribution in [0.2, 0.25) is 5.02 Å². The molecule has 3 nitrogen and oxygen atoms in total. The summed E-state index contributed by atoms with van der Waals surface area (Å²) >= 11 is 6.00. The molecular formula is C22H14ClFN2O. The van der Waals surface area contributed by atoms with Crippen LogP contribution in [-0.4, -0.2) is 10.9 Å². The Balaban J connectivity index is 1.80. The second kappa shape index (κ2) is 7.17. The number of hydrogen-bond donors (Lipinski definition) is 1. The fraction of sp³-hybridized carbons (Fsp3) is 0. The number of para-hydroxylation sites is 1. The van der Waals surface area contributed by atoms with Gasteiger partial charge in [0, 0.05) is 21.7 Å².